The summed E-state index contributed by atoms with van der Waals surface area (Å²) in [6, 6.07) is 14.0. The summed E-state index contributed by atoms with van der Waals surface area (Å²) >= 11 is 6.21. The Morgan fingerprint density at radius 2 is 1.97 bits per heavy atom. The van der Waals surface area contributed by atoms with Gasteiger partial charge in [0.1, 0.15) is 5.82 Å². The summed E-state index contributed by atoms with van der Waals surface area (Å²) < 4.78 is 19.9. The monoisotopic (exact) mass is 437 g/mol. The minimum absolute atomic E-state index is 0.189. The van der Waals surface area contributed by atoms with E-state index >= 15 is 0 Å². The zero-order valence-electron chi connectivity index (χ0n) is 17.2. The van der Waals surface area contributed by atoms with Crippen LogP contribution in [0.15, 0.2) is 60.3 Å². The van der Waals surface area contributed by atoms with E-state index in [9.17, 15) is 14.3 Å². The van der Waals surface area contributed by atoms with Crippen LogP contribution in [0.3, 0.4) is 0 Å². The average Bonchev–Trinajstić information content (AvgIpc) is 3.08. The van der Waals surface area contributed by atoms with E-state index in [4.69, 9.17) is 16.3 Å². The lowest BCUT2D eigenvalue weighted by Gasteiger charge is -2.15. The molecule has 1 unspecified atom stereocenters. The molecule has 1 aliphatic rings. The number of hydrogen-bond donors (Lipinski definition) is 1. The molecule has 31 heavy (non-hydrogen) atoms. The molecule has 0 saturated carbocycles. The molecule has 0 bridgehead atoms. The SMILES string of the molecule is CCc1ccc2c(c1)C(c1cc(Cl)cnc1OC)=C(C(=O)O)C2Cc1ccccc1F. The molecule has 4 nitrogen and oxygen atoms in total. The van der Waals surface area contributed by atoms with Crippen molar-refractivity contribution in [3.63, 3.8) is 0 Å². The Kier molecular flexibility index (Phi) is 5.79. The summed E-state index contributed by atoms with van der Waals surface area (Å²) in [4.78, 5) is 16.8. The van der Waals surface area contributed by atoms with Crippen LogP contribution in [0, 0.1) is 5.82 Å². The van der Waals surface area contributed by atoms with E-state index < -0.39 is 11.9 Å². The maximum absolute atomic E-state index is 14.4. The Hall–Kier alpha value is -3.18. The standard InChI is InChI=1S/C25H21ClFNO3/c1-3-14-8-9-17-18(10-14)22(20-12-16(26)13-28-24(20)31-2)23(25(29)30)19(17)11-15-6-4-5-7-21(15)27/h4-10,12-13,19H,3,11H2,1-2H3,(H,29,30). The third-order valence-corrected chi connectivity index (χ3v) is 5.89. The van der Waals surface area contributed by atoms with E-state index in [1.807, 2.05) is 25.1 Å². The Bertz CT molecular complexity index is 1210. The van der Waals surface area contributed by atoms with Gasteiger partial charge in [-0.2, -0.15) is 0 Å². The average molecular weight is 438 g/mol. The highest BCUT2D eigenvalue weighted by molar-refractivity contribution is 6.30. The number of halogens is 2. The van der Waals surface area contributed by atoms with Gasteiger partial charge >= 0.3 is 5.97 Å². The first kappa shape index (κ1) is 21.1. The lowest BCUT2D eigenvalue weighted by molar-refractivity contribution is -0.132. The zero-order chi connectivity index (χ0) is 22.1. The van der Waals surface area contributed by atoms with Gasteiger partial charge < -0.3 is 9.84 Å². The third kappa shape index (κ3) is 3.81. The Labute approximate surface area is 185 Å². The number of carboxylic acid groups (broad SMARTS) is 1. The topological polar surface area (TPSA) is 59.4 Å². The van der Waals surface area contributed by atoms with Gasteiger partial charge in [-0.3, -0.25) is 0 Å². The predicted octanol–water partition coefficient (Wildman–Crippen LogP) is 5.67. The summed E-state index contributed by atoms with van der Waals surface area (Å²) in [5, 5.41) is 10.6. The summed E-state index contributed by atoms with van der Waals surface area (Å²) in [5.74, 6) is -1.64. The van der Waals surface area contributed by atoms with E-state index in [0.717, 1.165) is 23.1 Å². The fourth-order valence-corrected chi connectivity index (χ4v) is 4.39. The summed E-state index contributed by atoms with van der Waals surface area (Å²) in [7, 11) is 1.48. The van der Waals surface area contributed by atoms with Crippen LogP contribution in [-0.2, 0) is 17.6 Å². The molecule has 0 fully saturated rings. The smallest absolute Gasteiger partial charge is 0.332 e. The van der Waals surface area contributed by atoms with Crippen molar-refractivity contribution in [1.29, 1.82) is 0 Å². The van der Waals surface area contributed by atoms with Gasteiger partial charge in [-0.1, -0.05) is 54.9 Å². The first-order valence-electron chi connectivity index (χ1n) is 9.98. The molecule has 0 spiro atoms. The summed E-state index contributed by atoms with van der Waals surface area (Å²) in [6.07, 6.45) is 2.48. The van der Waals surface area contributed by atoms with Gasteiger partial charge in [0.15, 0.2) is 0 Å². The van der Waals surface area contributed by atoms with Crippen LogP contribution in [0.25, 0.3) is 5.57 Å². The van der Waals surface area contributed by atoms with Crippen LogP contribution in [0.5, 0.6) is 5.88 Å². The van der Waals surface area contributed by atoms with E-state index in [-0.39, 0.29) is 23.7 Å². The molecule has 158 valence electrons. The molecule has 1 aromatic heterocycles. The van der Waals surface area contributed by atoms with E-state index in [1.54, 1.807) is 24.3 Å². The van der Waals surface area contributed by atoms with Crippen LogP contribution < -0.4 is 4.74 Å². The molecule has 3 aromatic rings. The number of ether oxygens (including phenoxy) is 1. The molecule has 0 radical (unpaired) electrons. The Morgan fingerprint density at radius 1 is 1.19 bits per heavy atom. The number of nitrogens with zero attached hydrogens (tertiary/aromatic N) is 1. The van der Waals surface area contributed by atoms with Crippen molar-refractivity contribution in [3.05, 3.63) is 99.0 Å². The summed E-state index contributed by atoms with van der Waals surface area (Å²) in [5.41, 5.74) is 4.39. The zero-order valence-corrected chi connectivity index (χ0v) is 17.9. The predicted molar refractivity (Wildman–Crippen MR) is 118 cm³/mol. The fraction of sp³-hybridized carbons (Fsp3) is 0.200. The second-order valence-corrected chi connectivity index (χ2v) is 7.86. The van der Waals surface area contributed by atoms with Crippen molar-refractivity contribution in [3.8, 4) is 5.88 Å². The van der Waals surface area contributed by atoms with Crippen molar-refractivity contribution in [2.24, 2.45) is 0 Å². The van der Waals surface area contributed by atoms with Gasteiger partial charge in [0.2, 0.25) is 5.88 Å². The molecule has 6 heteroatoms. The highest BCUT2D eigenvalue weighted by Crippen LogP contribution is 2.49. The highest BCUT2D eigenvalue weighted by Gasteiger charge is 2.37. The maximum atomic E-state index is 14.4. The van der Waals surface area contributed by atoms with Gasteiger partial charge in [-0.25, -0.2) is 14.2 Å². The minimum Gasteiger partial charge on any atom is -0.481 e. The van der Waals surface area contributed by atoms with Crippen molar-refractivity contribution >= 4 is 23.1 Å². The number of carbonyl (C=O) groups is 1. The normalized spacial score (nSPS) is 15.2. The number of aliphatic carboxylic acids is 1. The first-order chi connectivity index (χ1) is 14.9. The van der Waals surface area contributed by atoms with Crippen LogP contribution in [0.2, 0.25) is 5.02 Å². The lowest BCUT2D eigenvalue weighted by Crippen LogP contribution is -2.12. The number of fused-ring (bicyclic) bond motifs is 1. The van der Waals surface area contributed by atoms with Gasteiger partial charge in [0.05, 0.1) is 17.7 Å². The number of hydrogen-bond acceptors (Lipinski definition) is 3. The number of rotatable bonds is 6. The van der Waals surface area contributed by atoms with Gasteiger partial charge in [0.25, 0.3) is 0 Å². The molecule has 1 N–H and O–H groups in total. The fourth-order valence-electron chi connectivity index (χ4n) is 4.23. The molecule has 4 rings (SSSR count). The van der Waals surface area contributed by atoms with Crippen molar-refractivity contribution in [2.45, 2.75) is 25.7 Å². The number of carboxylic acids is 1. The molecule has 0 aliphatic heterocycles. The van der Waals surface area contributed by atoms with E-state index in [2.05, 4.69) is 4.98 Å². The lowest BCUT2D eigenvalue weighted by atomic mass is 9.88. The Balaban J connectivity index is 2.00. The van der Waals surface area contributed by atoms with Crippen LogP contribution in [0.1, 0.15) is 40.7 Å². The summed E-state index contributed by atoms with van der Waals surface area (Å²) in [6.45, 7) is 2.04. The number of benzene rings is 2. The molecule has 2 aromatic carbocycles. The molecule has 1 aliphatic carbocycles. The molecule has 0 amide bonds. The van der Waals surface area contributed by atoms with Gasteiger partial charge in [0, 0.05) is 23.3 Å². The number of methoxy groups -OCH3 is 1. The van der Waals surface area contributed by atoms with E-state index in [1.165, 1.54) is 19.4 Å². The van der Waals surface area contributed by atoms with E-state index in [0.29, 0.717) is 21.7 Å². The van der Waals surface area contributed by atoms with Gasteiger partial charge in [-0.05, 0) is 47.2 Å². The first-order valence-corrected chi connectivity index (χ1v) is 10.4. The van der Waals surface area contributed by atoms with Gasteiger partial charge in [-0.15, -0.1) is 0 Å². The molecular formula is C25H21ClFNO3. The minimum atomic E-state index is -1.06. The van der Waals surface area contributed by atoms with Crippen LogP contribution in [0.4, 0.5) is 4.39 Å². The Morgan fingerprint density at radius 3 is 2.65 bits per heavy atom. The van der Waals surface area contributed by atoms with Crippen LogP contribution in [-0.4, -0.2) is 23.2 Å². The molecule has 0 saturated heterocycles. The molecule has 1 heterocycles. The van der Waals surface area contributed by atoms with Crippen LogP contribution >= 0.6 is 11.6 Å². The highest BCUT2D eigenvalue weighted by atomic mass is 35.5. The number of aryl methyl sites for hydroxylation is 1. The number of pyridine rings is 1. The van der Waals surface area contributed by atoms with Crippen molar-refractivity contribution in [2.75, 3.05) is 7.11 Å². The maximum Gasteiger partial charge on any atom is 0.332 e. The quantitative estimate of drug-likeness (QED) is 0.539. The second kappa shape index (κ2) is 8.52. The van der Waals surface area contributed by atoms with Crippen molar-refractivity contribution < 1.29 is 19.0 Å². The number of aromatic nitrogens is 1. The second-order valence-electron chi connectivity index (χ2n) is 7.43. The van der Waals surface area contributed by atoms with Crippen molar-refractivity contribution in [1.82, 2.24) is 4.98 Å². The molecule has 1 atom stereocenters. The third-order valence-electron chi connectivity index (χ3n) is 5.68. The largest absolute Gasteiger partial charge is 0.481 e. The molecular weight excluding hydrogens is 417 g/mol.